The first-order valence-electron chi connectivity index (χ1n) is 5.36. The van der Waals surface area contributed by atoms with Crippen molar-refractivity contribution in [1.82, 2.24) is 0 Å². The van der Waals surface area contributed by atoms with E-state index in [1.54, 1.807) is 0 Å². The Hall–Kier alpha value is -1.56. The summed E-state index contributed by atoms with van der Waals surface area (Å²) in [5, 5.41) is 0.493. The monoisotopic (exact) mass is 261 g/mol. The average molecular weight is 261 g/mol. The van der Waals surface area contributed by atoms with E-state index in [0.29, 0.717) is 11.0 Å². The summed E-state index contributed by atoms with van der Waals surface area (Å²) in [7, 11) is 0. The van der Waals surface area contributed by atoms with E-state index < -0.39 is 24.5 Å². The van der Waals surface area contributed by atoms with E-state index in [-0.39, 0.29) is 12.2 Å². The van der Waals surface area contributed by atoms with Crippen molar-refractivity contribution in [2.24, 2.45) is 5.73 Å². The topological polar surface area (TPSA) is 39.2 Å². The molecule has 2 N–H and O–H groups in total. The van der Waals surface area contributed by atoms with Crippen molar-refractivity contribution in [1.29, 1.82) is 0 Å². The standard InChI is InChI=1S/C12H11F4NO/c13-8-1-2-10-7(5-8)6-11(18-10)9(17)3-4-12(14,15)16/h1-2,5-6,9H,3-4,17H2. The summed E-state index contributed by atoms with van der Waals surface area (Å²) in [5.41, 5.74) is 6.03. The molecule has 18 heavy (non-hydrogen) atoms. The van der Waals surface area contributed by atoms with Gasteiger partial charge < -0.3 is 10.2 Å². The van der Waals surface area contributed by atoms with Crippen LogP contribution in [0, 0.1) is 5.82 Å². The predicted octanol–water partition coefficient (Wildman–Crippen LogP) is 3.91. The van der Waals surface area contributed by atoms with Gasteiger partial charge in [-0.25, -0.2) is 4.39 Å². The van der Waals surface area contributed by atoms with Gasteiger partial charge in [-0.3, -0.25) is 0 Å². The van der Waals surface area contributed by atoms with Crippen LogP contribution >= 0.6 is 0 Å². The number of benzene rings is 1. The van der Waals surface area contributed by atoms with E-state index in [1.807, 2.05) is 0 Å². The highest BCUT2D eigenvalue weighted by atomic mass is 19.4. The number of furan rings is 1. The van der Waals surface area contributed by atoms with Gasteiger partial charge in [0.25, 0.3) is 0 Å². The summed E-state index contributed by atoms with van der Waals surface area (Å²) >= 11 is 0. The highest BCUT2D eigenvalue weighted by Crippen LogP contribution is 2.29. The van der Waals surface area contributed by atoms with Gasteiger partial charge in [-0.1, -0.05) is 0 Å². The lowest BCUT2D eigenvalue weighted by Gasteiger charge is -2.10. The van der Waals surface area contributed by atoms with Crippen LogP contribution in [0.15, 0.2) is 28.7 Å². The molecule has 1 heterocycles. The second kappa shape index (κ2) is 4.61. The van der Waals surface area contributed by atoms with Crippen LogP contribution in [0.1, 0.15) is 24.6 Å². The summed E-state index contributed by atoms with van der Waals surface area (Å²) in [5.74, 6) is -0.196. The molecule has 2 nitrogen and oxygen atoms in total. The van der Waals surface area contributed by atoms with Crippen LogP contribution in [0.2, 0.25) is 0 Å². The molecular formula is C12H11F4NO. The summed E-state index contributed by atoms with van der Waals surface area (Å²) in [6.45, 7) is 0. The quantitative estimate of drug-likeness (QED) is 0.850. The van der Waals surface area contributed by atoms with E-state index in [9.17, 15) is 17.6 Å². The van der Waals surface area contributed by atoms with Crippen molar-refractivity contribution in [3.63, 3.8) is 0 Å². The maximum atomic E-state index is 12.9. The second-order valence-corrected chi connectivity index (χ2v) is 4.09. The SMILES string of the molecule is NC(CCC(F)(F)F)c1cc2cc(F)ccc2o1. The molecule has 98 valence electrons. The normalized spacial score (nSPS) is 14.1. The Morgan fingerprint density at radius 1 is 1.22 bits per heavy atom. The zero-order chi connectivity index (χ0) is 13.3. The van der Waals surface area contributed by atoms with Crippen LogP contribution in [0.4, 0.5) is 17.6 Å². The van der Waals surface area contributed by atoms with Crippen molar-refractivity contribution < 1.29 is 22.0 Å². The predicted molar refractivity (Wildman–Crippen MR) is 58.4 cm³/mol. The summed E-state index contributed by atoms with van der Waals surface area (Å²) in [4.78, 5) is 0. The molecule has 2 rings (SSSR count). The molecule has 1 atom stereocenters. The van der Waals surface area contributed by atoms with E-state index in [0.717, 1.165) is 0 Å². The first-order chi connectivity index (χ1) is 8.35. The van der Waals surface area contributed by atoms with E-state index in [4.69, 9.17) is 10.2 Å². The lowest BCUT2D eigenvalue weighted by Crippen LogP contribution is -2.15. The minimum atomic E-state index is -4.24. The summed E-state index contributed by atoms with van der Waals surface area (Å²) in [6.07, 6.45) is -5.47. The van der Waals surface area contributed by atoms with Crippen LogP contribution in [0.5, 0.6) is 0 Å². The number of rotatable bonds is 3. The molecule has 1 aromatic heterocycles. The largest absolute Gasteiger partial charge is 0.459 e. The van der Waals surface area contributed by atoms with Gasteiger partial charge in [0.1, 0.15) is 17.2 Å². The molecule has 0 radical (unpaired) electrons. The van der Waals surface area contributed by atoms with Gasteiger partial charge in [-0.15, -0.1) is 0 Å². The van der Waals surface area contributed by atoms with Gasteiger partial charge in [-0.2, -0.15) is 13.2 Å². The van der Waals surface area contributed by atoms with Crippen LogP contribution in [-0.2, 0) is 0 Å². The zero-order valence-electron chi connectivity index (χ0n) is 9.30. The Bertz CT molecular complexity index is 546. The van der Waals surface area contributed by atoms with Crippen molar-refractivity contribution >= 4 is 11.0 Å². The van der Waals surface area contributed by atoms with Gasteiger partial charge in [0.2, 0.25) is 0 Å². The number of halogens is 4. The highest BCUT2D eigenvalue weighted by Gasteiger charge is 2.28. The molecule has 1 unspecified atom stereocenters. The van der Waals surface area contributed by atoms with Crippen LogP contribution < -0.4 is 5.73 Å². The van der Waals surface area contributed by atoms with Gasteiger partial charge in [-0.05, 0) is 30.7 Å². The zero-order valence-corrected chi connectivity index (χ0v) is 9.30. The minimum Gasteiger partial charge on any atom is -0.459 e. The first-order valence-corrected chi connectivity index (χ1v) is 5.36. The van der Waals surface area contributed by atoms with Crippen LogP contribution in [-0.4, -0.2) is 6.18 Å². The number of hydrogen-bond acceptors (Lipinski definition) is 2. The fourth-order valence-corrected chi connectivity index (χ4v) is 1.68. The van der Waals surface area contributed by atoms with Crippen LogP contribution in [0.25, 0.3) is 11.0 Å². The molecule has 0 fully saturated rings. The summed E-state index contributed by atoms with van der Waals surface area (Å²) < 4.78 is 54.4. The van der Waals surface area contributed by atoms with E-state index in [2.05, 4.69) is 0 Å². The second-order valence-electron chi connectivity index (χ2n) is 4.09. The van der Waals surface area contributed by atoms with Gasteiger partial charge >= 0.3 is 6.18 Å². The summed E-state index contributed by atoms with van der Waals surface area (Å²) in [6, 6.07) is 4.52. The fraction of sp³-hybridized carbons (Fsp3) is 0.333. The molecule has 0 aliphatic rings. The van der Waals surface area contributed by atoms with Gasteiger partial charge in [0, 0.05) is 11.8 Å². The third-order valence-electron chi connectivity index (χ3n) is 2.60. The van der Waals surface area contributed by atoms with Crippen molar-refractivity contribution in [3.8, 4) is 0 Å². The molecule has 0 bridgehead atoms. The lowest BCUT2D eigenvalue weighted by molar-refractivity contribution is -0.136. The average Bonchev–Trinajstić information content (AvgIpc) is 2.67. The Balaban J connectivity index is 2.15. The van der Waals surface area contributed by atoms with Crippen molar-refractivity contribution in [2.45, 2.75) is 25.1 Å². The smallest absolute Gasteiger partial charge is 0.389 e. The molecule has 0 aliphatic carbocycles. The van der Waals surface area contributed by atoms with Gasteiger partial charge in [0.05, 0.1) is 6.04 Å². The number of fused-ring (bicyclic) bond motifs is 1. The molecule has 0 spiro atoms. The van der Waals surface area contributed by atoms with Crippen molar-refractivity contribution in [3.05, 3.63) is 35.8 Å². The van der Waals surface area contributed by atoms with E-state index in [1.165, 1.54) is 24.3 Å². The fourth-order valence-electron chi connectivity index (χ4n) is 1.68. The van der Waals surface area contributed by atoms with E-state index >= 15 is 0 Å². The molecule has 0 aliphatic heterocycles. The highest BCUT2D eigenvalue weighted by molar-refractivity contribution is 5.77. The molecule has 0 saturated heterocycles. The lowest BCUT2D eigenvalue weighted by atomic mass is 10.1. The Morgan fingerprint density at radius 3 is 2.61 bits per heavy atom. The number of nitrogens with two attached hydrogens (primary N) is 1. The molecule has 6 heteroatoms. The Kier molecular flexibility index (Phi) is 3.30. The van der Waals surface area contributed by atoms with Crippen molar-refractivity contribution in [2.75, 3.05) is 0 Å². The third kappa shape index (κ3) is 3.01. The minimum absolute atomic E-state index is 0.236. The number of alkyl halides is 3. The molecular weight excluding hydrogens is 250 g/mol. The molecule has 2 aromatic rings. The maximum absolute atomic E-state index is 12.9. The van der Waals surface area contributed by atoms with Crippen LogP contribution in [0.3, 0.4) is 0 Å². The third-order valence-corrected chi connectivity index (χ3v) is 2.60. The molecule has 0 amide bonds. The molecule has 1 aromatic carbocycles. The maximum Gasteiger partial charge on any atom is 0.389 e. The van der Waals surface area contributed by atoms with Gasteiger partial charge in [0.15, 0.2) is 0 Å². The molecule has 0 saturated carbocycles. The first kappa shape index (κ1) is 12.9. The number of hydrogen-bond donors (Lipinski definition) is 1. The Morgan fingerprint density at radius 2 is 1.94 bits per heavy atom. The Labute approximate surface area is 100 Å².